The average molecular weight is 376 g/mol. The van der Waals surface area contributed by atoms with Gasteiger partial charge in [0.15, 0.2) is 0 Å². The molecule has 2 aromatic rings. The Labute approximate surface area is 155 Å². The molecule has 0 aliphatic rings. The van der Waals surface area contributed by atoms with Gasteiger partial charge >= 0.3 is 0 Å². The first-order chi connectivity index (χ1) is 12.3. The monoisotopic (exact) mass is 375 g/mol. The van der Waals surface area contributed by atoms with Gasteiger partial charge in [0.2, 0.25) is 11.8 Å². The minimum absolute atomic E-state index is 0.0705. The third-order valence-corrected chi connectivity index (χ3v) is 4.07. The third kappa shape index (κ3) is 5.29. The molecular weight excluding hydrogens is 358 g/mol. The number of rotatable bonds is 6. The summed E-state index contributed by atoms with van der Waals surface area (Å²) in [5.74, 6) is -0.317. The van der Waals surface area contributed by atoms with E-state index in [1.54, 1.807) is 31.3 Å². The van der Waals surface area contributed by atoms with Crippen molar-refractivity contribution >= 4 is 34.8 Å². The molecule has 136 valence electrons. The Morgan fingerprint density at radius 1 is 1.19 bits per heavy atom. The number of non-ortho nitro benzene ring substituents is 1. The van der Waals surface area contributed by atoms with Gasteiger partial charge in [-0.15, -0.1) is 0 Å². The van der Waals surface area contributed by atoms with Crippen LogP contribution < -0.4 is 5.32 Å². The number of carbonyl (C=O) groups is 2. The summed E-state index contributed by atoms with van der Waals surface area (Å²) in [6.45, 7) is 1.59. The molecule has 0 fully saturated rings. The van der Waals surface area contributed by atoms with Gasteiger partial charge in [-0.05, 0) is 29.3 Å². The second-order valence-corrected chi connectivity index (χ2v) is 6.24. The van der Waals surface area contributed by atoms with Gasteiger partial charge in [0.25, 0.3) is 5.69 Å². The van der Waals surface area contributed by atoms with E-state index >= 15 is 0 Å². The number of nitro groups is 1. The minimum atomic E-state index is -0.502. The normalized spacial score (nSPS) is 10.3. The van der Waals surface area contributed by atoms with Crippen LogP contribution in [0.2, 0.25) is 5.02 Å². The number of anilines is 1. The van der Waals surface area contributed by atoms with Crippen LogP contribution in [-0.4, -0.2) is 28.7 Å². The maximum absolute atomic E-state index is 12.4. The van der Waals surface area contributed by atoms with Crippen LogP contribution in [0, 0.1) is 10.1 Å². The van der Waals surface area contributed by atoms with Crippen molar-refractivity contribution in [1.29, 1.82) is 0 Å². The fourth-order valence-electron chi connectivity index (χ4n) is 2.36. The standard InChI is InChI=1S/C18H18ClN3O4/c1-12(23)20-15-5-3-13(4-6-15)9-18(24)21(2)11-14-10-16(22(25)26)7-8-17(14)19/h3-8,10H,9,11H2,1-2H3,(H,20,23). The van der Waals surface area contributed by atoms with E-state index in [0.717, 1.165) is 5.56 Å². The van der Waals surface area contributed by atoms with Crippen LogP contribution >= 0.6 is 11.6 Å². The highest BCUT2D eigenvalue weighted by Gasteiger charge is 2.15. The largest absolute Gasteiger partial charge is 0.341 e. The number of carbonyl (C=O) groups excluding carboxylic acids is 2. The molecule has 0 unspecified atom stereocenters. The molecule has 0 aromatic heterocycles. The Hall–Kier alpha value is -2.93. The number of halogens is 1. The molecule has 2 aromatic carbocycles. The van der Waals surface area contributed by atoms with Crippen LogP contribution in [0.25, 0.3) is 0 Å². The molecule has 0 atom stereocenters. The van der Waals surface area contributed by atoms with Crippen molar-refractivity contribution in [3.8, 4) is 0 Å². The second kappa shape index (κ2) is 8.44. The number of amides is 2. The Balaban J connectivity index is 2.02. The Bertz CT molecular complexity index is 837. The Kier molecular flexibility index (Phi) is 6.30. The summed E-state index contributed by atoms with van der Waals surface area (Å²) in [5, 5.41) is 13.9. The smallest absolute Gasteiger partial charge is 0.269 e. The second-order valence-electron chi connectivity index (χ2n) is 5.84. The minimum Gasteiger partial charge on any atom is -0.341 e. The van der Waals surface area contributed by atoms with E-state index in [9.17, 15) is 19.7 Å². The van der Waals surface area contributed by atoms with Gasteiger partial charge in [0.05, 0.1) is 11.3 Å². The van der Waals surface area contributed by atoms with Gasteiger partial charge in [0.1, 0.15) is 0 Å². The van der Waals surface area contributed by atoms with Gasteiger partial charge in [-0.2, -0.15) is 0 Å². The molecule has 0 bridgehead atoms. The number of benzene rings is 2. The number of nitrogens with zero attached hydrogens (tertiary/aromatic N) is 2. The van der Waals surface area contributed by atoms with Crippen LogP contribution in [0.4, 0.5) is 11.4 Å². The van der Waals surface area contributed by atoms with Gasteiger partial charge in [-0.3, -0.25) is 19.7 Å². The van der Waals surface area contributed by atoms with E-state index < -0.39 is 4.92 Å². The summed E-state index contributed by atoms with van der Waals surface area (Å²) in [6.07, 6.45) is 0.170. The van der Waals surface area contributed by atoms with Gasteiger partial charge < -0.3 is 10.2 Å². The molecule has 1 N–H and O–H groups in total. The summed E-state index contributed by atoms with van der Waals surface area (Å²) in [4.78, 5) is 35.2. The van der Waals surface area contributed by atoms with Crippen molar-refractivity contribution in [2.75, 3.05) is 12.4 Å². The third-order valence-electron chi connectivity index (χ3n) is 3.70. The van der Waals surface area contributed by atoms with Gasteiger partial charge in [-0.25, -0.2) is 0 Å². The van der Waals surface area contributed by atoms with Gasteiger partial charge in [-0.1, -0.05) is 23.7 Å². The number of nitro benzene ring substituents is 1. The quantitative estimate of drug-likeness (QED) is 0.618. The van der Waals surface area contributed by atoms with Crippen LogP contribution in [0.5, 0.6) is 0 Å². The summed E-state index contributed by atoms with van der Waals surface area (Å²) < 4.78 is 0. The van der Waals surface area contributed by atoms with Crippen LogP contribution in [0.1, 0.15) is 18.1 Å². The highest BCUT2D eigenvalue weighted by Crippen LogP contribution is 2.23. The van der Waals surface area contributed by atoms with Crippen LogP contribution in [-0.2, 0) is 22.6 Å². The van der Waals surface area contributed by atoms with Crippen molar-refractivity contribution in [2.24, 2.45) is 0 Å². The number of hydrogen-bond donors (Lipinski definition) is 1. The summed E-state index contributed by atoms with van der Waals surface area (Å²) in [5.41, 5.74) is 1.89. The average Bonchev–Trinajstić information content (AvgIpc) is 2.57. The molecule has 2 rings (SSSR count). The van der Waals surface area contributed by atoms with E-state index in [4.69, 9.17) is 11.6 Å². The summed E-state index contributed by atoms with van der Waals surface area (Å²) in [6, 6.07) is 11.1. The molecule has 7 nitrogen and oxygen atoms in total. The molecule has 0 radical (unpaired) electrons. The zero-order valence-corrected chi connectivity index (χ0v) is 15.1. The van der Waals surface area contributed by atoms with Crippen molar-refractivity contribution in [1.82, 2.24) is 4.90 Å². The molecule has 0 aliphatic heterocycles. The lowest BCUT2D eigenvalue weighted by molar-refractivity contribution is -0.384. The lowest BCUT2D eigenvalue weighted by atomic mass is 10.1. The maximum atomic E-state index is 12.4. The molecule has 0 saturated carbocycles. The predicted octanol–water partition coefficient (Wildman–Crippen LogP) is 3.41. The summed E-state index contributed by atoms with van der Waals surface area (Å²) in [7, 11) is 1.61. The molecule has 26 heavy (non-hydrogen) atoms. The first-order valence-corrected chi connectivity index (χ1v) is 8.17. The van der Waals surface area contributed by atoms with Gasteiger partial charge in [0, 0.05) is 43.4 Å². The zero-order chi connectivity index (χ0) is 19.3. The van der Waals surface area contributed by atoms with Crippen molar-refractivity contribution in [2.45, 2.75) is 19.9 Å². The van der Waals surface area contributed by atoms with E-state index in [0.29, 0.717) is 16.3 Å². The SMILES string of the molecule is CC(=O)Nc1ccc(CC(=O)N(C)Cc2cc([N+](=O)[O-])ccc2Cl)cc1. The topological polar surface area (TPSA) is 92.6 Å². The van der Waals surface area contributed by atoms with Crippen LogP contribution in [0.3, 0.4) is 0 Å². The molecule has 0 saturated heterocycles. The van der Waals surface area contributed by atoms with Crippen molar-refractivity contribution < 1.29 is 14.5 Å². The fourth-order valence-corrected chi connectivity index (χ4v) is 2.54. The van der Waals surface area contributed by atoms with E-state index in [1.807, 2.05) is 0 Å². The van der Waals surface area contributed by atoms with Crippen molar-refractivity contribution in [3.63, 3.8) is 0 Å². The molecule has 0 spiro atoms. The number of likely N-dealkylation sites (N-methyl/N-ethyl adjacent to an activating group) is 1. The first kappa shape index (κ1) is 19.4. The number of hydrogen-bond acceptors (Lipinski definition) is 4. The van der Waals surface area contributed by atoms with E-state index in [-0.39, 0.29) is 30.5 Å². The molecular formula is C18H18ClN3O4. The molecule has 0 aliphatic carbocycles. The lowest BCUT2D eigenvalue weighted by Crippen LogP contribution is -2.27. The number of nitrogens with one attached hydrogen (secondary N) is 1. The maximum Gasteiger partial charge on any atom is 0.269 e. The molecule has 0 heterocycles. The van der Waals surface area contributed by atoms with E-state index in [2.05, 4.69) is 5.32 Å². The highest BCUT2D eigenvalue weighted by atomic mass is 35.5. The summed E-state index contributed by atoms with van der Waals surface area (Å²) >= 11 is 6.07. The van der Waals surface area contributed by atoms with Crippen molar-refractivity contribution in [3.05, 3.63) is 68.7 Å². The van der Waals surface area contributed by atoms with Crippen LogP contribution in [0.15, 0.2) is 42.5 Å². The predicted molar refractivity (Wildman–Crippen MR) is 99.0 cm³/mol. The highest BCUT2D eigenvalue weighted by molar-refractivity contribution is 6.31. The van der Waals surface area contributed by atoms with E-state index in [1.165, 1.54) is 30.0 Å². The molecule has 2 amide bonds. The Morgan fingerprint density at radius 3 is 2.42 bits per heavy atom. The zero-order valence-electron chi connectivity index (χ0n) is 14.4. The molecule has 8 heteroatoms. The lowest BCUT2D eigenvalue weighted by Gasteiger charge is -2.18. The Morgan fingerprint density at radius 2 is 1.85 bits per heavy atom. The first-order valence-electron chi connectivity index (χ1n) is 7.79. The fraction of sp³-hybridized carbons (Fsp3) is 0.222.